The molecule has 1 aliphatic rings. The smallest absolute Gasteiger partial charge is 0.266 e. The number of hydrogen-bond donors (Lipinski definition) is 2. The van der Waals surface area contributed by atoms with Crippen LogP contribution in [0.4, 0.5) is 0 Å². The lowest BCUT2D eigenvalue weighted by molar-refractivity contribution is -0.119. The van der Waals surface area contributed by atoms with Crippen LogP contribution in [0.2, 0.25) is 5.02 Å². The van der Waals surface area contributed by atoms with Crippen molar-refractivity contribution in [2.24, 2.45) is 0 Å². The van der Waals surface area contributed by atoms with Crippen LogP contribution in [0, 0.1) is 0 Å². The Hall–Kier alpha value is -2.07. The summed E-state index contributed by atoms with van der Waals surface area (Å²) in [6, 6.07) is 12.1. The molecule has 1 aromatic heterocycles. The molecule has 1 aromatic carbocycles. The predicted octanol–water partition coefficient (Wildman–Crippen LogP) is 3.39. The van der Waals surface area contributed by atoms with Crippen LogP contribution in [0.15, 0.2) is 41.2 Å². The van der Waals surface area contributed by atoms with E-state index in [2.05, 4.69) is 41.5 Å². The van der Waals surface area contributed by atoms with Crippen LogP contribution in [-0.2, 0) is 11.2 Å². The van der Waals surface area contributed by atoms with Crippen LogP contribution in [0.3, 0.4) is 0 Å². The predicted molar refractivity (Wildman–Crippen MR) is 95.5 cm³/mol. The van der Waals surface area contributed by atoms with Gasteiger partial charge in [0.2, 0.25) is 5.91 Å². The van der Waals surface area contributed by atoms with Gasteiger partial charge in [-0.25, -0.2) is 0 Å². The van der Waals surface area contributed by atoms with Gasteiger partial charge in [0.25, 0.3) is 5.56 Å². The van der Waals surface area contributed by atoms with Crippen LogP contribution < -0.4 is 10.9 Å². The Kier molecular flexibility index (Phi) is 5.05. The second-order valence-corrected chi connectivity index (χ2v) is 6.68. The first-order valence-electron chi connectivity index (χ1n) is 8.33. The minimum Gasteiger partial charge on any atom is -0.353 e. The zero-order valence-electron chi connectivity index (χ0n) is 13.6. The van der Waals surface area contributed by atoms with E-state index in [-0.39, 0.29) is 28.4 Å². The summed E-state index contributed by atoms with van der Waals surface area (Å²) in [6.45, 7) is 2.12. The molecule has 0 bridgehead atoms. The van der Waals surface area contributed by atoms with Gasteiger partial charge in [-0.15, -0.1) is 0 Å². The van der Waals surface area contributed by atoms with Crippen molar-refractivity contribution in [2.75, 3.05) is 0 Å². The van der Waals surface area contributed by atoms with Gasteiger partial charge < -0.3 is 10.3 Å². The average Bonchev–Trinajstić information content (AvgIpc) is 3.00. The molecule has 2 heterocycles. The molecule has 2 atom stereocenters. The van der Waals surface area contributed by atoms with Gasteiger partial charge in [-0.05, 0) is 42.5 Å². The number of pyridine rings is 1. The summed E-state index contributed by atoms with van der Waals surface area (Å²) in [4.78, 5) is 26.3. The Morgan fingerprint density at radius 2 is 1.92 bits per heavy atom. The van der Waals surface area contributed by atoms with Crippen LogP contribution in [0.1, 0.15) is 48.9 Å². The number of aromatic amines is 1. The zero-order valence-corrected chi connectivity index (χ0v) is 14.4. The van der Waals surface area contributed by atoms with Crippen molar-refractivity contribution in [1.29, 1.82) is 0 Å². The maximum atomic E-state index is 11.9. The number of aromatic nitrogens is 1. The number of H-pyrrole nitrogens is 1. The maximum Gasteiger partial charge on any atom is 0.266 e. The van der Waals surface area contributed by atoms with Crippen LogP contribution >= 0.6 is 11.6 Å². The third-order valence-electron chi connectivity index (χ3n) is 4.65. The lowest BCUT2D eigenvalue weighted by atomic mass is 9.88. The number of rotatable bonds is 5. The minimum absolute atomic E-state index is 0.0178. The fourth-order valence-corrected chi connectivity index (χ4v) is 3.35. The van der Waals surface area contributed by atoms with E-state index in [0.29, 0.717) is 6.42 Å². The number of carbonyl (C=O) groups is 1. The molecule has 1 saturated heterocycles. The van der Waals surface area contributed by atoms with E-state index in [1.807, 2.05) is 6.07 Å². The maximum absolute atomic E-state index is 11.9. The highest BCUT2D eigenvalue weighted by molar-refractivity contribution is 6.30. The van der Waals surface area contributed by atoms with E-state index >= 15 is 0 Å². The summed E-state index contributed by atoms with van der Waals surface area (Å²) in [5, 5.41) is 3.20. The first-order chi connectivity index (χ1) is 11.6. The van der Waals surface area contributed by atoms with Gasteiger partial charge in [-0.2, -0.15) is 0 Å². The van der Waals surface area contributed by atoms with E-state index in [0.717, 1.165) is 30.5 Å². The monoisotopic (exact) mass is 344 g/mol. The second-order valence-electron chi connectivity index (χ2n) is 6.28. The van der Waals surface area contributed by atoms with Crippen molar-refractivity contribution >= 4 is 17.5 Å². The van der Waals surface area contributed by atoms with E-state index in [4.69, 9.17) is 11.6 Å². The molecule has 0 spiro atoms. The fourth-order valence-electron chi connectivity index (χ4n) is 3.24. The Bertz CT molecular complexity index is 783. The van der Waals surface area contributed by atoms with Crippen molar-refractivity contribution in [2.45, 2.75) is 44.6 Å². The molecule has 5 heteroatoms. The Morgan fingerprint density at radius 3 is 2.50 bits per heavy atom. The number of carbonyl (C=O) groups excluding carboxylic acids is 1. The Morgan fingerprint density at radius 1 is 1.17 bits per heavy atom. The molecule has 0 aliphatic carbocycles. The molecule has 4 nitrogen and oxygen atoms in total. The third kappa shape index (κ3) is 3.70. The van der Waals surface area contributed by atoms with Gasteiger partial charge in [-0.1, -0.05) is 42.8 Å². The molecule has 1 aliphatic heterocycles. The van der Waals surface area contributed by atoms with Crippen molar-refractivity contribution in [3.05, 3.63) is 68.6 Å². The molecule has 1 unspecified atom stereocenters. The minimum atomic E-state index is -0.278. The number of hydrogen-bond acceptors (Lipinski definition) is 2. The van der Waals surface area contributed by atoms with Gasteiger partial charge in [0.1, 0.15) is 5.02 Å². The molecule has 2 aromatic rings. The summed E-state index contributed by atoms with van der Waals surface area (Å²) < 4.78 is 0. The highest BCUT2D eigenvalue weighted by atomic mass is 35.5. The van der Waals surface area contributed by atoms with E-state index in [9.17, 15) is 9.59 Å². The van der Waals surface area contributed by atoms with Gasteiger partial charge in [0.15, 0.2) is 0 Å². The third-order valence-corrected chi connectivity index (χ3v) is 4.95. The summed E-state index contributed by atoms with van der Waals surface area (Å²) in [7, 11) is 0. The molecule has 0 radical (unpaired) electrons. The summed E-state index contributed by atoms with van der Waals surface area (Å²) in [6.07, 6.45) is 3.15. The molecule has 1 fully saturated rings. The zero-order chi connectivity index (χ0) is 17.1. The molecule has 3 rings (SSSR count). The van der Waals surface area contributed by atoms with E-state index < -0.39 is 0 Å². The van der Waals surface area contributed by atoms with Gasteiger partial charge in [0, 0.05) is 24.1 Å². The molecule has 1 amide bonds. The summed E-state index contributed by atoms with van der Waals surface area (Å²) in [5.74, 6) is 0.119. The highest BCUT2D eigenvalue weighted by Gasteiger charge is 2.26. The standard InChI is InChI=1S/C19H21ClN2O2/c1-2-12-3-5-13(6-4-12)15(11-14-7-10-18(23)21-14)17-9-8-16(20)19(24)22-17/h3-6,8-9,14-15H,2,7,10-11H2,1H3,(H,21,23)(H,22,24)/t14-,15?/m1/s1. The van der Waals surface area contributed by atoms with Crippen molar-refractivity contribution in [3.8, 4) is 0 Å². The quantitative estimate of drug-likeness (QED) is 0.873. The molecule has 0 saturated carbocycles. The number of benzene rings is 1. The number of amides is 1. The van der Waals surface area contributed by atoms with E-state index in [1.165, 1.54) is 5.56 Å². The van der Waals surface area contributed by atoms with Crippen LogP contribution in [-0.4, -0.2) is 16.9 Å². The highest BCUT2D eigenvalue weighted by Crippen LogP contribution is 2.30. The largest absolute Gasteiger partial charge is 0.353 e. The van der Waals surface area contributed by atoms with Crippen LogP contribution in [0.25, 0.3) is 0 Å². The topological polar surface area (TPSA) is 62.0 Å². The Balaban J connectivity index is 1.93. The lowest BCUT2D eigenvalue weighted by Gasteiger charge is -2.22. The summed E-state index contributed by atoms with van der Waals surface area (Å²) in [5.41, 5.74) is 2.96. The van der Waals surface area contributed by atoms with Gasteiger partial charge in [-0.3, -0.25) is 9.59 Å². The molecular formula is C19H21ClN2O2. The fraction of sp³-hybridized carbons (Fsp3) is 0.368. The van der Waals surface area contributed by atoms with Crippen molar-refractivity contribution in [3.63, 3.8) is 0 Å². The molecular weight excluding hydrogens is 324 g/mol. The van der Waals surface area contributed by atoms with Crippen molar-refractivity contribution in [1.82, 2.24) is 10.3 Å². The normalized spacial score (nSPS) is 18.4. The van der Waals surface area contributed by atoms with Crippen molar-refractivity contribution < 1.29 is 4.79 Å². The average molecular weight is 345 g/mol. The molecule has 126 valence electrons. The Labute approximate surface area is 146 Å². The van der Waals surface area contributed by atoms with E-state index in [1.54, 1.807) is 6.07 Å². The molecule has 2 N–H and O–H groups in total. The summed E-state index contributed by atoms with van der Waals surface area (Å²) >= 11 is 5.86. The number of aryl methyl sites for hydroxylation is 1. The first-order valence-corrected chi connectivity index (χ1v) is 8.71. The number of halogens is 1. The van der Waals surface area contributed by atoms with Gasteiger partial charge in [0.05, 0.1) is 0 Å². The second kappa shape index (κ2) is 7.22. The van der Waals surface area contributed by atoms with Crippen LogP contribution in [0.5, 0.6) is 0 Å². The first kappa shape index (κ1) is 16.8. The number of nitrogens with one attached hydrogen (secondary N) is 2. The molecule has 24 heavy (non-hydrogen) atoms. The SMILES string of the molecule is CCc1ccc(C(C[C@H]2CCC(=O)N2)c2ccc(Cl)c(=O)[nH]2)cc1. The lowest BCUT2D eigenvalue weighted by Crippen LogP contribution is -2.28. The van der Waals surface area contributed by atoms with Gasteiger partial charge >= 0.3 is 0 Å².